The van der Waals surface area contributed by atoms with E-state index < -0.39 is 23.1 Å². The van der Waals surface area contributed by atoms with Gasteiger partial charge in [-0.25, -0.2) is 18.7 Å². The summed E-state index contributed by atoms with van der Waals surface area (Å²) in [4.78, 5) is 19.1. The van der Waals surface area contributed by atoms with Gasteiger partial charge in [0.25, 0.3) is 5.91 Å². The Hall–Kier alpha value is -3.03. The highest BCUT2D eigenvalue weighted by atomic mass is 19.1. The summed E-state index contributed by atoms with van der Waals surface area (Å²) in [5.41, 5.74) is 4.92. The van der Waals surface area contributed by atoms with Gasteiger partial charge in [-0.05, 0) is 24.3 Å². The van der Waals surface area contributed by atoms with E-state index in [-0.39, 0.29) is 18.2 Å². The van der Waals surface area contributed by atoms with E-state index in [0.29, 0.717) is 11.2 Å². The summed E-state index contributed by atoms with van der Waals surface area (Å²) in [5, 5.41) is 0. The molecule has 0 unspecified atom stereocenters. The number of hydrogen-bond acceptors (Lipinski definition) is 5. The van der Waals surface area contributed by atoms with Crippen LogP contribution in [0.2, 0.25) is 0 Å². The third-order valence-electron chi connectivity index (χ3n) is 2.86. The van der Waals surface area contributed by atoms with Crippen LogP contribution in [0, 0.1) is 11.6 Å². The molecular formula is C14H9F2N3O3. The van der Waals surface area contributed by atoms with Crippen LogP contribution < -0.4 is 10.5 Å². The smallest absolute Gasteiger partial charge is 0.254 e. The summed E-state index contributed by atoms with van der Waals surface area (Å²) in [5.74, 6) is -3.60. The van der Waals surface area contributed by atoms with Crippen molar-refractivity contribution in [1.29, 1.82) is 0 Å². The van der Waals surface area contributed by atoms with E-state index in [9.17, 15) is 13.6 Å². The average molecular weight is 305 g/mol. The topological polar surface area (TPSA) is 91.2 Å². The molecule has 0 spiro atoms. The summed E-state index contributed by atoms with van der Waals surface area (Å²) in [7, 11) is 0. The number of carbonyl (C=O) groups excluding carboxylic acids is 1. The fourth-order valence-corrected chi connectivity index (χ4v) is 1.89. The molecule has 1 amide bonds. The Kier molecular flexibility index (Phi) is 3.42. The van der Waals surface area contributed by atoms with Crippen molar-refractivity contribution in [3.63, 3.8) is 0 Å². The Labute approximate surface area is 122 Å². The van der Waals surface area contributed by atoms with Gasteiger partial charge < -0.3 is 14.9 Å². The zero-order chi connectivity index (χ0) is 15.7. The fraction of sp³-hybridized carbons (Fsp3) is 0.0714. The molecule has 0 bridgehead atoms. The van der Waals surface area contributed by atoms with E-state index in [0.717, 1.165) is 12.1 Å². The van der Waals surface area contributed by atoms with Crippen molar-refractivity contribution in [2.75, 3.05) is 0 Å². The molecule has 0 aliphatic rings. The lowest BCUT2D eigenvalue weighted by atomic mass is 10.1. The lowest BCUT2D eigenvalue weighted by molar-refractivity contribution is 0.0991. The van der Waals surface area contributed by atoms with Crippen LogP contribution in [0.1, 0.15) is 16.2 Å². The molecule has 6 nitrogen and oxygen atoms in total. The second kappa shape index (κ2) is 5.40. The average Bonchev–Trinajstić information content (AvgIpc) is 2.89. The van der Waals surface area contributed by atoms with Crippen LogP contribution in [0.15, 0.2) is 34.9 Å². The number of carbonyl (C=O) groups is 1. The number of ether oxygens (including phenoxy) is 1. The van der Waals surface area contributed by atoms with E-state index in [1.165, 1.54) is 6.20 Å². The number of amides is 1. The van der Waals surface area contributed by atoms with Crippen molar-refractivity contribution in [3.05, 3.63) is 53.6 Å². The quantitative estimate of drug-likeness (QED) is 0.797. The fourth-order valence-electron chi connectivity index (χ4n) is 1.89. The summed E-state index contributed by atoms with van der Waals surface area (Å²) in [6.45, 7) is -0.211. The molecule has 0 saturated carbocycles. The third kappa shape index (κ3) is 2.46. The Bertz CT molecular complexity index is 831. The van der Waals surface area contributed by atoms with Gasteiger partial charge in [-0.15, -0.1) is 0 Å². The molecule has 0 atom stereocenters. The van der Waals surface area contributed by atoms with Crippen LogP contribution in [0.5, 0.6) is 5.75 Å². The highest BCUT2D eigenvalue weighted by Crippen LogP contribution is 2.24. The minimum Gasteiger partial charge on any atom is -0.481 e. The monoisotopic (exact) mass is 305 g/mol. The molecule has 1 aromatic carbocycles. The first kappa shape index (κ1) is 13.9. The second-order valence-corrected chi connectivity index (χ2v) is 4.32. The van der Waals surface area contributed by atoms with Crippen LogP contribution in [0.4, 0.5) is 8.78 Å². The molecule has 0 aliphatic heterocycles. The minimum absolute atomic E-state index is 0.165. The number of nitrogens with two attached hydrogens (primary N) is 1. The van der Waals surface area contributed by atoms with Gasteiger partial charge in [-0.2, -0.15) is 0 Å². The number of nitrogens with zero attached hydrogens (tertiary/aromatic N) is 2. The normalized spacial score (nSPS) is 10.8. The highest BCUT2D eigenvalue weighted by Gasteiger charge is 2.19. The molecular weight excluding hydrogens is 296 g/mol. The van der Waals surface area contributed by atoms with Crippen LogP contribution in [0.25, 0.3) is 11.2 Å². The van der Waals surface area contributed by atoms with Gasteiger partial charge in [-0.3, -0.25) is 4.79 Å². The zero-order valence-corrected chi connectivity index (χ0v) is 11.0. The first-order chi connectivity index (χ1) is 10.6. The molecule has 2 N–H and O–H groups in total. The van der Waals surface area contributed by atoms with E-state index >= 15 is 0 Å². The molecule has 2 aromatic heterocycles. The third-order valence-corrected chi connectivity index (χ3v) is 2.86. The number of hydrogen-bond donors (Lipinski definition) is 1. The van der Waals surface area contributed by atoms with Gasteiger partial charge in [0, 0.05) is 6.20 Å². The van der Waals surface area contributed by atoms with E-state index in [1.54, 1.807) is 12.1 Å². The first-order valence-corrected chi connectivity index (χ1v) is 6.17. The predicted octanol–water partition coefficient (Wildman–Crippen LogP) is 2.18. The van der Waals surface area contributed by atoms with Crippen molar-refractivity contribution in [1.82, 2.24) is 9.97 Å². The minimum atomic E-state index is -1.22. The number of fused-ring (bicyclic) bond motifs is 1. The first-order valence-electron chi connectivity index (χ1n) is 6.17. The molecule has 3 rings (SSSR count). The molecule has 0 fully saturated rings. The summed E-state index contributed by atoms with van der Waals surface area (Å²) in [6, 6.07) is 5.33. The molecule has 0 saturated heterocycles. The molecule has 2 heterocycles. The Balaban J connectivity index is 1.84. The van der Waals surface area contributed by atoms with Crippen LogP contribution in [-0.4, -0.2) is 15.9 Å². The number of halogens is 2. The number of aromatic nitrogens is 2. The molecule has 112 valence electrons. The van der Waals surface area contributed by atoms with Crippen LogP contribution in [0.3, 0.4) is 0 Å². The predicted molar refractivity (Wildman–Crippen MR) is 71.0 cm³/mol. The van der Waals surface area contributed by atoms with E-state index in [4.69, 9.17) is 14.9 Å². The summed E-state index contributed by atoms with van der Waals surface area (Å²) >= 11 is 0. The Morgan fingerprint density at radius 1 is 1.32 bits per heavy atom. The SMILES string of the molecule is NC(=O)c1c(F)ccc(OCc2nc3cccnc3o2)c1F. The van der Waals surface area contributed by atoms with Crippen molar-refractivity contribution < 1.29 is 22.7 Å². The van der Waals surface area contributed by atoms with E-state index in [1.807, 2.05) is 0 Å². The molecule has 8 heteroatoms. The number of benzene rings is 1. The number of pyridine rings is 1. The van der Waals surface area contributed by atoms with Crippen molar-refractivity contribution in [2.24, 2.45) is 5.73 Å². The van der Waals surface area contributed by atoms with Crippen molar-refractivity contribution >= 4 is 17.1 Å². The number of oxazole rings is 1. The summed E-state index contributed by atoms with van der Waals surface area (Å²) < 4.78 is 37.8. The lowest BCUT2D eigenvalue weighted by Gasteiger charge is -2.07. The zero-order valence-electron chi connectivity index (χ0n) is 11.0. The van der Waals surface area contributed by atoms with Gasteiger partial charge in [-0.1, -0.05) is 0 Å². The van der Waals surface area contributed by atoms with Gasteiger partial charge in [0.2, 0.25) is 11.6 Å². The second-order valence-electron chi connectivity index (χ2n) is 4.32. The highest BCUT2D eigenvalue weighted by molar-refractivity contribution is 5.93. The van der Waals surface area contributed by atoms with Gasteiger partial charge in [0.05, 0.1) is 0 Å². The maximum Gasteiger partial charge on any atom is 0.254 e. The van der Waals surface area contributed by atoms with Crippen molar-refractivity contribution in [3.8, 4) is 5.75 Å². The Morgan fingerprint density at radius 2 is 2.14 bits per heavy atom. The molecule has 3 aromatic rings. The van der Waals surface area contributed by atoms with Crippen molar-refractivity contribution in [2.45, 2.75) is 6.61 Å². The number of rotatable bonds is 4. The maximum absolute atomic E-state index is 14.0. The molecule has 0 radical (unpaired) electrons. The Morgan fingerprint density at radius 3 is 2.86 bits per heavy atom. The molecule has 22 heavy (non-hydrogen) atoms. The van der Waals surface area contributed by atoms with Crippen LogP contribution in [-0.2, 0) is 6.61 Å². The lowest BCUT2D eigenvalue weighted by Crippen LogP contribution is -2.16. The largest absolute Gasteiger partial charge is 0.481 e. The van der Waals surface area contributed by atoms with Gasteiger partial charge in [0.1, 0.15) is 16.9 Å². The maximum atomic E-state index is 14.0. The van der Waals surface area contributed by atoms with Gasteiger partial charge >= 0.3 is 0 Å². The van der Waals surface area contributed by atoms with Gasteiger partial charge in [0.15, 0.2) is 18.2 Å². The standard InChI is InChI=1S/C14H9F2N3O3/c15-7-3-4-9(12(16)11(7)13(17)20)21-6-10-19-8-2-1-5-18-14(8)22-10/h1-5H,6H2,(H2,17,20). The number of primary amides is 1. The van der Waals surface area contributed by atoms with E-state index in [2.05, 4.69) is 9.97 Å². The molecule has 0 aliphatic carbocycles. The summed E-state index contributed by atoms with van der Waals surface area (Å²) in [6.07, 6.45) is 1.54. The van der Waals surface area contributed by atoms with Crippen LogP contribution >= 0.6 is 0 Å².